The molecule has 0 radical (unpaired) electrons. The number of hydrogen-bond donors (Lipinski definition) is 0. The summed E-state index contributed by atoms with van der Waals surface area (Å²) >= 11 is 0. The normalized spacial score (nSPS) is 12.9. The van der Waals surface area contributed by atoms with Crippen molar-refractivity contribution >= 4 is 17.9 Å². The molecular formula is C76H128O6. The smallest absolute Gasteiger partial charge is 0.306 e. The van der Waals surface area contributed by atoms with Crippen LogP contribution in [0.4, 0.5) is 0 Å². The largest absolute Gasteiger partial charge is 0.462 e. The van der Waals surface area contributed by atoms with Crippen LogP contribution in [-0.2, 0) is 28.6 Å². The summed E-state index contributed by atoms with van der Waals surface area (Å²) in [5.41, 5.74) is 0. The second kappa shape index (κ2) is 69.3. The van der Waals surface area contributed by atoms with Crippen LogP contribution in [0.5, 0.6) is 0 Å². The average molecular weight is 1140 g/mol. The van der Waals surface area contributed by atoms with Gasteiger partial charge in [0.05, 0.1) is 0 Å². The molecule has 0 aromatic heterocycles. The lowest BCUT2D eigenvalue weighted by Crippen LogP contribution is -2.30. The summed E-state index contributed by atoms with van der Waals surface area (Å²) in [6.45, 7) is 6.38. The van der Waals surface area contributed by atoms with Crippen molar-refractivity contribution in [2.45, 2.75) is 329 Å². The van der Waals surface area contributed by atoms with Crippen LogP contribution in [0.3, 0.4) is 0 Å². The molecule has 0 spiro atoms. The first-order chi connectivity index (χ1) is 40.5. The van der Waals surface area contributed by atoms with Gasteiger partial charge in [0, 0.05) is 19.3 Å². The lowest BCUT2D eigenvalue weighted by Gasteiger charge is -2.18. The first-order valence-corrected chi connectivity index (χ1v) is 34.5. The highest BCUT2D eigenvalue weighted by molar-refractivity contribution is 5.71. The second-order valence-electron chi connectivity index (χ2n) is 22.7. The quantitative estimate of drug-likeness (QED) is 0.0261. The Hall–Kier alpha value is -4.19. The fourth-order valence-corrected chi connectivity index (χ4v) is 9.64. The van der Waals surface area contributed by atoms with Crippen LogP contribution in [0.1, 0.15) is 323 Å². The van der Waals surface area contributed by atoms with E-state index in [0.717, 1.165) is 103 Å². The van der Waals surface area contributed by atoms with Crippen LogP contribution in [-0.4, -0.2) is 37.2 Å². The van der Waals surface area contributed by atoms with Gasteiger partial charge >= 0.3 is 17.9 Å². The van der Waals surface area contributed by atoms with E-state index in [-0.39, 0.29) is 37.5 Å². The summed E-state index contributed by atoms with van der Waals surface area (Å²) in [5, 5.41) is 0. The minimum absolute atomic E-state index is 0.0998. The van der Waals surface area contributed by atoms with Gasteiger partial charge < -0.3 is 14.2 Å². The Labute approximate surface area is 507 Å². The Morgan fingerprint density at radius 2 is 0.500 bits per heavy atom. The number of unbranched alkanes of at least 4 members (excludes halogenated alkanes) is 31. The van der Waals surface area contributed by atoms with Crippen LogP contribution in [0.15, 0.2) is 122 Å². The molecule has 0 aromatic carbocycles. The lowest BCUT2D eigenvalue weighted by atomic mass is 10.0. The summed E-state index contributed by atoms with van der Waals surface area (Å²) in [5.74, 6) is -0.975. The molecule has 468 valence electrons. The average Bonchev–Trinajstić information content (AvgIpc) is 3.47. The monoisotopic (exact) mass is 1140 g/mol. The molecule has 0 aromatic rings. The molecule has 0 aliphatic rings. The number of allylic oxidation sites excluding steroid dienone is 20. The van der Waals surface area contributed by atoms with E-state index < -0.39 is 6.10 Å². The molecule has 0 saturated carbocycles. The molecule has 0 aliphatic heterocycles. The molecule has 0 fully saturated rings. The molecule has 6 heteroatoms. The predicted octanol–water partition coefficient (Wildman–Crippen LogP) is 23.9. The molecular weight excluding hydrogens is 1010 g/mol. The van der Waals surface area contributed by atoms with E-state index in [9.17, 15) is 14.4 Å². The Balaban J connectivity index is 4.28. The molecule has 0 amide bonds. The summed E-state index contributed by atoms with van der Waals surface area (Å²) < 4.78 is 16.9. The van der Waals surface area contributed by atoms with Crippen LogP contribution < -0.4 is 0 Å². The first-order valence-electron chi connectivity index (χ1n) is 34.5. The lowest BCUT2D eigenvalue weighted by molar-refractivity contribution is -0.166. The van der Waals surface area contributed by atoms with E-state index in [1.165, 1.54) is 173 Å². The van der Waals surface area contributed by atoms with Gasteiger partial charge in [-0.1, -0.05) is 328 Å². The van der Waals surface area contributed by atoms with E-state index in [2.05, 4.69) is 136 Å². The molecule has 1 unspecified atom stereocenters. The topological polar surface area (TPSA) is 78.9 Å². The van der Waals surface area contributed by atoms with Crippen molar-refractivity contribution in [3.05, 3.63) is 122 Å². The van der Waals surface area contributed by atoms with Crippen LogP contribution >= 0.6 is 0 Å². The maximum Gasteiger partial charge on any atom is 0.306 e. The minimum atomic E-state index is -0.809. The SMILES string of the molecule is CC/C=C\C/C=C\C/C=C\C/C=C\C/C=C\C/C=C\CCCCCCCCCCCCCCC(=O)OCC(COC(=O)CC/C=C\C/C=C\C/C=C\C/C=C\CC)OC(=O)CCCCCCCCCCCCCCCCCCCCCC. The molecule has 6 nitrogen and oxygen atoms in total. The number of rotatable bonds is 62. The third kappa shape index (κ3) is 66.6. The fourth-order valence-electron chi connectivity index (χ4n) is 9.64. The number of carbonyl (C=O) groups is 3. The molecule has 0 saturated heterocycles. The van der Waals surface area contributed by atoms with Crippen LogP contribution in [0.25, 0.3) is 0 Å². The van der Waals surface area contributed by atoms with Crippen molar-refractivity contribution in [3.8, 4) is 0 Å². The van der Waals surface area contributed by atoms with Gasteiger partial charge in [-0.15, -0.1) is 0 Å². The summed E-state index contributed by atoms with van der Waals surface area (Å²) in [6.07, 6.45) is 96.7. The Morgan fingerprint density at radius 1 is 0.256 bits per heavy atom. The van der Waals surface area contributed by atoms with Gasteiger partial charge in [-0.3, -0.25) is 14.4 Å². The van der Waals surface area contributed by atoms with Gasteiger partial charge in [-0.2, -0.15) is 0 Å². The summed E-state index contributed by atoms with van der Waals surface area (Å²) in [7, 11) is 0. The Morgan fingerprint density at radius 3 is 0.817 bits per heavy atom. The highest BCUT2D eigenvalue weighted by atomic mass is 16.6. The van der Waals surface area contributed by atoms with Crippen LogP contribution in [0, 0.1) is 0 Å². The third-order valence-electron chi connectivity index (χ3n) is 14.7. The van der Waals surface area contributed by atoms with Crippen molar-refractivity contribution in [1.29, 1.82) is 0 Å². The van der Waals surface area contributed by atoms with E-state index in [4.69, 9.17) is 14.2 Å². The molecule has 0 heterocycles. The predicted molar refractivity (Wildman–Crippen MR) is 357 cm³/mol. The molecule has 1 atom stereocenters. The van der Waals surface area contributed by atoms with E-state index in [1.807, 2.05) is 6.08 Å². The van der Waals surface area contributed by atoms with Gasteiger partial charge in [-0.05, 0) is 96.3 Å². The zero-order valence-corrected chi connectivity index (χ0v) is 53.7. The number of carbonyl (C=O) groups excluding carboxylic acids is 3. The maximum atomic E-state index is 12.9. The number of ether oxygens (including phenoxy) is 3. The van der Waals surface area contributed by atoms with Crippen molar-refractivity contribution in [1.82, 2.24) is 0 Å². The minimum Gasteiger partial charge on any atom is -0.462 e. The maximum absolute atomic E-state index is 12.9. The van der Waals surface area contributed by atoms with E-state index >= 15 is 0 Å². The zero-order valence-electron chi connectivity index (χ0n) is 53.7. The van der Waals surface area contributed by atoms with Crippen molar-refractivity contribution in [2.75, 3.05) is 13.2 Å². The van der Waals surface area contributed by atoms with Gasteiger partial charge in [0.1, 0.15) is 13.2 Å². The first kappa shape index (κ1) is 77.8. The fraction of sp³-hybridized carbons (Fsp3) is 0.697. The molecule has 0 N–H and O–H groups in total. The van der Waals surface area contributed by atoms with Gasteiger partial charge in [0.25, 0.3) is 0 Å². The van der Waals surface area contributed by atoms with Gasteiger partial charge in [-0.25, -0.2) is 0 Å². The number of esters is 3. The highest BCUT2D eigenvalue weighted by Crippen LogP contribution is 2.17. The van der Waals surface area contributed by atoms with E-state index in [0.29, 0.717) is 19.3 Å². The van der Waals surface area contributed by atoms with Crippen LogP contribution in [0.2, 0.25) is 0 Å². The summed E-state index contributed by atoms with van der Waals surface area (Å²) in [4.78, 5) is 38.3. The summed E-state index contributed by atoms with van der Waals surface area (Å²) in [6, 6.07) is 0. The highest BCUT2D eigenvalue weighted by Gasteiger charge is 2.19. The standard InChI is InChI=1S/C76H128O6/c1-4-7-10-13-16-19-22-25-27-29-31-33-34-35-36-37-38-39-40-41-42-43-45-46-48-51-54-57-60-63-66-69-75(78)81-72-73(71-80-74(77)68-65-62-59-56-53-50-24-21-18-15-12-9-6-3)82-76(79)70-67-64-61-58-55-52-49-47-44-32-30-28-26-23-20-17-14-11-8-5-2/h7,9-10,12,16,18-19,21,25,27,31,33,35-36,38-39,50,53,59,62,73H,4-6,8,11,13-15,17,20,22-24,26,28-30,32,34,37,40-49,51-52,54-58,60-61,63-72H2,1-3H3/b10-7-,12-9-,19-16-,21-18-,27-25-,33-31-,36-35-,39-38-,53-50-,62-59-. The molecule has 0 aliphatic carbocycles. The third-order valence-corrected chi connectivity index (χ3v) is 14.7. The molecule has 82 heavy (non-hydrogen) atoms. The second-order valence-corrected chi connectivity index (χ2v) is 22.7. The number of hydrogen-bond acceptors (Lipinski definition) is 6. The zero-order chi connectivity index (χ0) is 59.2. The van der Waals surface area contributed by atoms with E-state index in [1.54, 1.807) is 0 Å². The van der Waals surface area contributed by atoms with Crippen molar-refractivity contribution < 1.29 is 28.6 Å². The van der Waals surface area contributed by atoms with Crippen molar-refractivity contribution in [2.24, 2.45) is 0 Å². The molecule has 0 rings (SSSR count). The Kier molecular flexibility index (Phi) is 65.8. The Bertz CT molecular complexity index is 1690. The van der Waals surface area contributed by atoms with Gasteiger partial charge in [0.2, 0.25) is 0 Å². The molecule has 0 bridgehead atoms. The van der Waals surface area contributed by atoms with Crippen molar-refractivity contribution in [3.63, 3.8) is 0 Å². The van der Waals surface area contributed by atoms with Gasteiger partial charge in [0.15, 0.2) is 6.10 Å².